The van der Waals surface area contributed by atoms with Gasteiger partial charge in [0.15, 0.2) is 16.6 Å². The third-order valence-corrected chi connectivity index (χ3v) is 5.69. The molecule has 1 amide bonds. The number of rotatable bonds is 7. The number of carbonyl (C=O) groups is 1. The van der Waals surface area contributed by atoms with Gasteiger partial charge in [-0.3, -0.25) is 10.1 Å². The SMILES string of the molecule is COc1cc(/C=C/C(=O)Nc2nc3ccc(F)cc3s2)ccc1OCc1ccc(Cl)cc1. The van der Waals surface area contributed by atoms with Gasteiger partial charge in [0.25, 0.3) is 0 Å². The third-order valence-electron chi connectivity index (χ3n) is 4.50. The molecule has 0 radical (unpaired) electrons. The highest BCUT2D eigenvalue weighted by molar-refractivity contribution is 7.22. The Morgan fingerprint density at radius 3 is 2.72 bits per heavy atom. The first kappa shape index (κ1) is 21.8. The van der Waals surface area contributed by atoms with E-state index in [1.54, 1.807) is 31.4 Å². The molecule has 0 bridgehead atoms. The summed E-state index contributed by atoms with van der Waals surface area (Å²) in [6, 6.07) is 17.1. The standard InChI is InChI=1S/C24H18ClFN2O3S/c1-30-21-12-15(4-10-20(21)31-14-16-2-6-17(25)7-3-16)5-11-23(29)28-24-27-19-9-8-18(26)13-22(19)32-24/h2-13H,14H2,1H3,(H,27,28,29)/b11-5+. The predicted molar refractivity (Wildman–Crippen MR) is 126 cm³/mol. The van der Waals surface area contributed by atoms with E-state index in [0.717, 1.165) is 11.1 Å². The van der Waals surface area contributed by atoms with Crippen molar-refractivity contribution in [2.45, 2.75) is 6.61 Å². The summed E-state index contributed by atoms with van der Waals surface area (Å²) in [6.45, 7) is 0.372. The van der Waals surface area contributed by atoms with Crippen molar-refractivity contribution in [1.29, 1.82) is 0 Å². The van der Waals surface area contributed by atoms with Crippen molar-refractivity contribution in [3.63, 3.8) is 0 Å². The summed E-state index contributed by atoms with van der Waals surface area (Å²) < 4.78 is 25.2. The van der Waals surface area contributed by atoms with Gasteiger partial charge in [-0.1, -0.05) is 41.1 Å². The molecule has 5 nitrogen and oxygen atoms in total. The van der Waals surface area contributed by atoms with Crippen LogP contribution in [0.25, 0.3) is 16.3 Å². The number of carbonyl (C=O) groups excluding carboxylic acids is 1. The average molecular weight is 469 g/mol. The Morgan fingerprint density at radius 2 is 1.94 bits per heavy atom. The second-order valence-corrected chi connectivity index (χ2v) is 8.25. The fourth-order valence-electron chi connectivity index (χ4n) is 2.92. The third kappa shape index (κ3) is 5.43. The van der Waals surface area contributed by atoms with Gasteiger partial charge in [-0.2, -0.15) is 0 Å². The molecule has 0 aliphatic heterocycles. The Labute approximate surface area is 193 Å². The molecular formula is C24H18ClFN2O3S. The van der Waals surface area contributed by atoms with Crippen LogP contribution in [0, 0.1) is 5.82 Å². The van der Waals surface area contributed by atoms with Gasteiger partial charge in [-0.05, 0) is 59.7 Å². The van der Waals surface area contributed by atoms with Gasteiger partial charge in [0.2, 0.25) is 5.91 Å². The van der Waals surface area contributed by atoms with Crippen LogP contribution >= 0.6 is 22.9 Å². The van der Waals surface area contributed by atoms with E-state index in [0.29, 0.717) is 38.5 Å². The number of halogens is 2. The molecule has 3 aromatic carbocycles. The molecule has 1 aromatic heterocycles. The minimum absolute atomic E-state index is 0.339. The molecule has 0 saturated carbocycles. The number of aromatic nitrogens is 1. The van der Waals surface area contributed by atoms with Crippen molar-refractivity contribution in [2.75, 3.05) is 12.4 Å². The highest BCUT2D eigenvalue weighted by Crippen LogP contribution is 2.30. The first-order valence-corrected chi connectivity index (χ1v) is 10.8. The Bertz CT molecular complexity index is 1290. The molecule has 0 fully saturated rings. The van der Waals surface area contributed by atoms with Crippen LogP contribution in [0.5, 0.6) is 11.5 Å². The molecule has 32 heavy (non-hydrogen) atoms. The van der Waals surface area contributed by atoms with Crippen molar-refractivity contribution in [1.82, 2.24) is 4.98 Å². The van der Waals surface area contributed by atoms with Gasteiger partial charge in [-0.25, -0.2) is 9.37 Å². The van der Waals surface area contributed by atoms with Crippen LogP contribution in [-0.4, -0.2) is 18.0 Å². The van der Waals surface area contributed by atoms with E-state index < -0.39 is 0 Å². The summed E-state index contributed by atoms with van der Waals surface area (Å²) >= 11 is 7.12. The maximum atomic E-state index is 13.3. The number of fused-ring (bicyclic) bond motifs is 1. The van der Waals surface area contributed by atoms with Crippen LogP contribution in [0.15, 0.2) is 66.7 Å². The molecule has 4 aromatic rings. The quantitative estimate of drug-likeness (QED) is 0.322. The number of ether oxygens (including phenoxy) is 2. The largest absolute Gasteiger partial charge is 0.493 e. The highest BCUT2D eigenvalue weighted by Gasteiger charge is 2.08. The van der Waals surface area contributed by atoms with E-state index in [2.05, 4.69) is 10.3 Å². The summed E-state index contributed by atoms with van der Waals surface area (Å²) in [4.78, 5) is 16.5. The van der Waals surface area contributed by atoms with Gasteiger partial charge in [0.05, 0.1) is 17.3 Å². The molecule has 0 atom stereocenters. The van der Waals surface area contributed by atoms with Gasteiger partial charge >= 0.3 is 0 Å². The molecule has 1 heterocycles. The Kier molecular flexibility index (Phi) is 6.68. The minimum atomic E-state index is -0.341. The zero-order valence-electron chi connectivity index (χ0n) is 17.0. The van der Waals surface area contributed by atoms with E-state index in [9.17, 15) is 9.18 Å². The molecule has 162 valence electrons. The summed E-state index contributed by atoms with van der Waals surface area (Å²) in [5.74, 6) is 0.459. The smallest absolute Gasteiger partial charge is 0.250 e. The van der Waals surface area contributed by atoms with Crippen molar-refractivity contribution < 1.29 is 18.7 Å². The number of anilines is 1. The van der Waals surface area contributed by atoms with Crippen molar-refractivity contribution >= 4 is 50.3 Å². The van der Waals surface area contributed by atoms with E-state index >= 15 is 0 Å². The fourth-order valence-corrected chi connectivity index (χ4v) is 3.94. The summed E-state index contributed by atoms with van der Waals surface area (Å²) in [5, 5.41) is 3.77. The lowest BCUT2D eigenvalue weighted by atomic mass is 10.2. The minimum Gasteiger partial charge on any atom is -0.493 e. The van der Waals surface area contributed by atoms with E-state index in [-0.39, 0.29) is 11.7 Å². The lowest BCUT2D eigenvalue weighted by molar-refractivity contribution is -0.111. The first-order valence-electron chi connectivity index (χ1n) is 9.60. The van der Waals surface area contributed by atoms with E-state index in [1.165, 1.54) is 29.5 Å². The summed E-state index contributed by atoms with van der Waals surface area (Å²) in [7, 11) is 1.56. The Morgan fingerprint density at radius 1 is 1.12 bits per heavy atom. The molecule has 8 heteroatoms. The topological polar surface area (TPSA) is 60.5 Å². The molecule has 0 aliphatic rings. The normalized spacial score (nSPS) is 11.1. The second kappa shape index (κ2) is 9.80. The zero-order chi connectivity index (χ0) is 22.5. The van der Waals surface area contributed by atoms with Crippen LogP contribution in [-0.2, 0) is 11.4 Å². The molecule has 4 rings (SSSR count). The second-order valence-electron chi connectivity index (χ2n) is 6.78. The summed E-state index contributed by atoms with van der Waals surface area (Å²) in [5.41, 5.74) is 2.38. The average Bonchev–Trinajstić information content (AvgIpc) is 3.18. The maximum absolute atomic E-state index is 13.3. The molecule has 0 unspecified atom stereocenters. The fraction of sp³-hybridized carbons (Fsp3) is 0.0833. The Hall–Kier alpha value is -3.42. The molecular weight excluding hydrogens is 451 g/mol. The van der Waals surface area contributed by atoms with E-state index in [1.807, 2.05) is 30.3 Å². The number of nitrogens with zero attached hydrogens (tertiary/aromatic N) is 1. The van der Waals surface area contributed by atoms with Crippen LogP contribution in [0.4, 0.5) is 9.52 Å². The lowest BCUT2D eigenvalue weighted by Crippen LogP contribution is -2.07. The van der Waals surface area contributed by atoms with Crippen molar-refractivity contribution in [2.24, 2.45) is 0 Å². The van der Waals surface area contributed by atoms with Crippen LogP contribution < -0.4 is 14.8 Å². The number of hydrogen-bond donors (Lipinski definition) is 1. The summed E-state index contributed by atoms with van der Waals surface area (Å²) in [6.07, 6.45) is 3.06. The van der Waals surface area contributed by atoms with Gasteiger partial charge in [0, 0.05) is 11.1 Å². The van der Waals surface area contributed by atoms with Crippen LogP contribution in [0.2, 0.25) is 5.02 Å². The molecule has 0 saturated heterocycles. The van der Waals surface area contributed by atoms with Gasteiger partial charge in [0.1, 0.15) is 12.4 Å². The van der Waals surface area contributed by atoms with Crippen molar-refractivity contribution in [3.05, 3.63) is 88.7 Å². The monoisotopic (exact) mass is 468 g/mol. The maximum Gasteiger partial charge on any atom is 0.250 e. The van der Waals surface area contributed by atoms with E-state index in [4.69, 9.17) is 21.1 Å². The number of benzene rings is 3. The molecule has 1 N–H and O–H groups in total. The van der Waals surface area contributed by atoms with Gasteiger partial charge < -0.3 is 9.47 Å². The number of thiazole rings is 1. The van der Waals surface area contributed by atoms with Crippen molar-refractivity contribution in [3.8, 4) is 11.5 Å². The number of nitrogens with one attached hydrogen (secondary N) is 1. The number of hydrogen-bond acceptors (Lipinski definition) is 5. The number of methoxy groups -OCH3 is 1. The predicted octanol–water partition coefficient (Wildman–Crippen LogP) is 6.33. The molecule has 0 aliphatic carbocycles. The zero-order valence-corrected chi connectivity index (χ0v) is 18.5. The number of amides is 1. The lowest BCUT2D eigenvalue weighted by Gasteiger charge is -2.11. The Balaban J connectivity index is 1.40. The molecule has 0 spiro atoms. The highest BCUT2D eigenvalue weighted by atomic mass is 35.5. The van der Waals surface area contributed by atoms with Crippen LogP contribution in [0.1, 0.15) is 11.1 Å². The first-order chi connectivity index (χ1) is 15.5. The van der Waals surface area contributed by atoms with Gasteiger partial charge in [-0.15, -0.1) is 0 Å². The van der Waals surface area contributed by atoms with Crippen LogP contribution in [0.3, 0.4) is 0 Å².